The van der Waals surface area contributed by atoms with E-state index in [1.165, 1.54) is 13.5 Å². The number of anilines is 2. The number of amides is 1. The van der Waals surface area contributed by atoms with Crippen LogP contribution in [0.4, 0.5) is 11.6 Å². The molecule has 0 atom stereocenters. The largest absolute Gasteiger partial charge is 0.465 e. The molecule has 0 bridgehead atoms. The van der Waals surface area contributed by atoms with Gasteiger partial charge in [-0.15, -0.1) is 0 Å². The van der Waals surface area contributed by atoms with Gasteiger partial charge in [0, 0.05) is 38.4 Å². The number of hydrogen-bond acceptors (Lipinski definition) is 6. The quantitative estimate of drug-likeness (QED) is 0.217. The minimum absolute atomic E-state index is 0.148. The van der Waals surface area contributed by atoms with E-state index < -0.39 is 5.41 Å². The number of rotatable bonds is 13. The summed E-state index contributed by atoms with van der Waals surface area (Å²) < 4.78 is 7.12. The number of nitrogens with zero attached hydrogens (tertiary/aromatic N) is 4. The molecule has 8 nitrogen and oxygen atoms in total. The number of aromatic nitrogens is 2. The zero-order chi connectivity index (χ0) is 31.1. The van der Waals surface area contributed by atoms with Gasteiger partial charge < -0.3 is 24.4 Å². The molecule has 0 aliphatic carbocycles. The summed E-state index contributed by atoms with van der Waals surface area (Å²) in [5, 5.41) is 3.45. The van der Waals surface area contributed by atoms with Gasteiger partial charge in [0.15, 0.2) is 0 Å². The Morgan fingerprint density at radius 2 is 1.79 bits per heavy atom. The van der Waals surface area contributed by atoms with Crippen molar-refractivity contribution in [2.75, 3.05) is 38.6 Å². The fraction of sp³-hybridized carbons (Fsp3) is 0.514. The number of allylic oxidation sites excluding steroid dienone is 1. The predicted octanol–water partition coefficient (Wildman–Crippen LogP) is 6.98. The lowest BCUT2D eigenvalue weighted by molar-refractivity contribution is -0.137. The predicted molar refractivity (Wildman–Crippen MR) is 175 cm³/mol. The molecule has 0 saturated heterocycles. The molecular weight excluding hydrogens is 538 g/mol. The third kappa shape index (κ3) is 7.98. The van der Waals surface area contributed by atoms with Gasteiger partial charge in [0.25, 0.3) is 0 Å². The molecule has 3 aromatic rings. The molecule has 43 heavy (non-hydrogen) atoms. The van der Waals surface area contributed by atoms with Gasteiger partial charge in [-0.05, 0) is 87.0 Å². The second kappa shape index (κ2) is 14.1. The number of aryl methyl sites for hydroxylation is 1. The number of hydrogen-bond donors (Lipinski definition) is 1. The number of nitrogens with one attached hydrogen (secondary N) is 1. The number of ether oxygens (including phenoxy) is 1. The lowest BCUT2D eigenvalue weighted by Gasteiger charge is -2.34. The van der Waals surface area contributed by atoms with Crippen LogP contribution in [0.25, 0.3) is 11.0 Å². The molecule has 1 aliphatic heterocycles. The topological polar surface area (TPSA) is 79.7 Å². The first-order valence-electron chi connectivity index (χ1n) is 15.7. The summed E-state index contributed by atoms with van der Waals surface area (Å²) in [6, 6.07) is 13.5. The maximum absolute atomic E-state index is 14.0. The SMILES string of the molecule is COC(=O)c1cccc(Nc2nc3ccc(C(C)(C)C(=O)N(CC(C)C)CC(C)C)cc3n2CCCN2C=CCCC2)c1. The second-order valence-electron chi connectivity index (χ2n) is 13.0. The Morgan fingerprint density at radius 1 is 1.05 bits per heavy atom. The highest BCUT2D eigenvalue weighted by Crippen LogP contribution is 2.32. The van der Waals surface area contributed by atoms with Crippen molar-refractivity contribution in [3.8, 4) is 0 Å². The van der Waals surface area contributed by atoms with Gasteiger partial charge in [-0.2, -0.15) is 0 Å². The van der Waals surface area contributed by atoms with Gasteiger partial charge in [0.05, 0.1) is 29.1 Å². The van der Waals surface area contributed by atoms with E-state index in [0.717, 1.165) is 67.8 Å². The number of esters is 1. The number of methoxy groups -OCH3 is 1. The molecule has 1 N–H and O–H groups in total. The number of imidazole rings is 1. The molecule has 1 amide bonds. The highest BCUT2D eigenvalue weighted by molar-refractivity contribution is 5.91. The van der Waals surface area contributed by atoms with Gasteiger partial charge >= 0.3 is 5.97 Å². The molecule has 8 heteroatoms. The average Bonchev–Trinajstić information content (AvgIpc) is 3.32. The smallest absolute Gasteiger partial charge is 0.337 e. The molecule has 1 aliphatic rings. The van der Waals surface area contributed by atoms with Crippen LogP contribution in [-0.4, -0.2) is 64.5 Å². The molecule has 0 unspecified atom stereocenters. The summed E-state index contributed by atoms with van der Waals surface area (Å²) >= 11 is 0. The van der Waals surface area contributed by atoms with Gasteiger partial charge in [0.1, 0.15) is 0 Å². The molecule has 232 valence electrons. The summed E-state index contributed by atoms with van der Waals surface area (Å²) in [6.45, 7) is 17.0. The van der Waals surface area contributed by atoms with Gasteiger partial charge in [-0.3, -0.25) is 4.79 Å². The Balaban J connectivity index is 1.69. The van der Waals surface area contributed by atoms with Crippen LogP contribution >= 0.6 is 0 Å². The molecule has 4 rings (SSSR count). The Labute approximate surface area is 257 Å². The fourth-order valence-corrected chi connectivity index (χ4v) is 5.77. The highest BCUT2D eigenvalue weighted by atomic mass is 16.5. The van der Waals surface area contributed by atoms with Gasteiger partial charge in [-0.1, -0.05) is 45.9 Å². The maximum atomic E-state index is 14.0. The standard InChI is InChI=1S/C35H49N5O3/c1-25(2)23-39(24-26(3)4)33(42)35(5,6)28-15-16-30-31(22-28)40(20-12-19-38-17-9-8-10-18-38)34(37-30)36-29-14-11-13-27(21-29)32(41)43-7/h9,11,13-17,21-22,25-26H,8,10,12,18-20,23-24H2,1-7H3,(H,36,37). The van der Waals surface area contributed by atoms with Crippen LogP contribution in [0.2, 0.25) is 0 Å². The summed E-state index contributed by atoms with van der Waals surface area (Å²) in [6.07, 6.45) is 7.72. The second-order valence-corrected chi connectivity index (χ2v) is 13.0. The Bertz CT molecular complexity index is 1430. The first-order valence-corrected chi connectivity index (χ1v) is 15.7. The van der Waals surface area contributed by atoms with E-state index in [1.807, 2.05) is 43.0 Å². The lowest BCUT2D eigenvalue weighted by Crippen LogP contribution is -2.46. The van der Waals surface area contributed by atoms with Crippen molar-refractivity contribution >= 4 is 34.5 Å². The van der Waals surface area contributed by atoms with Crippen molar-refractivity contribution in [1.29, 1.82) is 0 Å². The third-order valence-corrected chi connectivity index (χ3v) is 7.96. The highest BCUT2D eigenvalue weighted by Gasteiger charge is 2.35. The van der Waals surface area contributed by atoms with Crippen LogP contribution in [0.3, 0.4) is 0 Å². The Morgan fingerprint density at radius 3 is 2.44 bits per heavy atom. The first kappa shape index (κ1) is 32.1. The molecule has 2 heterocycles. The van der Waals surface area contributed by atoms with E-state index in [2.05, 4.69) is 60.8 Å². The van der Waals surface area contributed by atoms with Gasteiger partial charge in [-0.25, -0.2) is 9.78 Å². The van der Waals surface area contributed by atoms with Crippen LogP contribution < -0.4 is 5.32 Å². The fourth-order valence-electron chi connectivity index (χ4n) is 5.77. The Hall–Kier alpha value is -3.81. The van der Waals surface area contributed by atoms with Crippen molar-refractivity contribution in [3.05, 3.63) is 65.9 Å². The number of benzene rings is 2. The molecule has 1 aromatic heterocycles. The van der Waals surface area contributed by atoms with E-state index >= 15 is 0 Å². The van der Waals surface area contributed by atoms with E-state index in [9.17, 15) is 9.59 Å². The van der Waals surface area contributed by atoms with Crippen molar-refractivity contribution < 1.29 is 14.3 Å². The van der Waals surface area contributed by atoms with Crippen molar-refractivity contribution in [2.45, 2.75) is 72.8 Å². The molecule has 2 aromatic carbocycles. The number of fused-ring (bicyclic) bond motifs is 1. The Kier molecular flexibility index (Phi) is 10.5. The zero-order valence-corrected chi connectivity index (χ0v) is 27.0. The van der Waals surface area contributed by atoms with E-state index in [0.29, 0.717) is 23.3 Å². The van der Waals surface area contributed by atoms with Gasteiger partial charge in [0.2, 0.25) is 11.9 Å². The van der Waals surface area contributed by atoms with E-state index in [-0.39, 0.29) is 11.9 Å². The molecule has 0 radical (unpaired) electrons. The summed E-state index contributed by atoms with van der Waals surface area (Å²) in [5.74, 6) is 1.25. The van der Waals surface area contributed by atoms with Crippen LogP contribution in [0.1, 0.15) is 76.7 Å². The number of carbonyl (C=O) groups is 2. The van der Waals surface area contributed by atoms with Crippen LogP contribution in [-0.2, 0) is 21.5 Å². The molecule has 0 spiro atoms. The van der Waals surface area contributed by atoms with Crippen molar-refractivity contribution in [1.82, 2.24) is 19.4 Å². The third-order valence-electron chi connectivity index (χ3n) is 7.96. The van der Waals surface area contributed by atoms with E-state index in [4.69, 9.17) is 9.72 Å². The first-order chi connectivity index (χ1) is 20.5. The van der Waals surface area contributed by atoms with Crippen molar-refractivity contribution in [3.63, 3.8) is 0 Å². The molecular formula is C35H49N5O3. The molecule has 0 fully saturated rings. The van der Waals surface area contributed by atoms with Crippen LogP contribution in [0, 0.1) is 11.8 Å². The number of carbonyl (C=O) groups excluding carboxylic acids is 2. The minimum atomic E-state index is -0.700. The van der Waals surface area contributed by atoms with Crippen LogP contribution in [0.5, 0.6) is 0 Å². The lowest BCUT2D eigenvalue weighted by atomic mass is 9.82. The van der Waals surface area contributed by atoms with Crippen LogP contribution in [0.15, 0.2) is 54.7 Å². The summed E-state index contributed by atoms with van der Waals surface area (Å²) in [7, 11) is 1.38. The summed E-state index contributed by atoms with van der Waals surface area (Å²) in [5.41, 5.74) is 3.35. The summed E-state index contributed by atoms with van der Waals surface area (Å²) in [4.78, 5) is 35.5. The average molecular weight is 588 g/mol. The van der Waals surface area contributed by atoms with E-state index in [1.54, 1.807) is 12.1 Å². The zero-order valence-electron chi connectivity index (χ0n) is 27.0. The normalized spacial score (nSPS) is 13.7. The molecule has 0 saturated carbocycles. The monoisotopic (exact) mass is 587 g/mol. The minimum Gasteiger partial charge on any atom is -0.465 e. The van der Waals surface area contributed by atoms with Crippen molar-refractivity contribution in [2.24, 2.45) is 11.8 Å². The maximum Gasteiger partial charge on any atom is 0.337 e.